The summed E-state index contributed by atoms with van der Waals surface area (Å²) in [6, 6.07) is 15.2. The average molecular weight is 283 g/mol. The Labute approximate surface area is 121 Å². The Morgan fingerprint density at radius 3 is 2.75 bits per heavy atom. The number of benzene rings is 2. The zero-order chi connectivity index (χ0) is 13.7. The second kappa shape index (κ2) is 4.11. The van der Waals surface area contributed by atoms with Crippen molar-refractivity contribution < 1.29 is 9.90 Å². The number of thioether (sulfide) groups is 1. The molecule has 2 aromatic rings. The number of amides is 1. The normalized spacial score (nSPS) is 23.9. The van der Waals surface area contributed by atoms with Gasteiger partial charge in [0, 0.05) is 22.6 Å². The molecule has 1 atom stereocenters. The number of hydrogen-bond acceptors (Lipinski definition) is 3. The molecule has 0 saturated heterocycles. The van der Waals surface area contributed by atoms with Crippen LogP contribution in [0.15, 0.2) is 48.5 Å². The molecule has 3 nitrogen and oxygen atoms in total. The highest BCUT2D eigenvalue weighted by Gasteiger charge is 2.50. The van der Waals surface area contributed by atoms with Gasteiger partial charge in [-0.25, -0.2) is 0 Å². The first-order chi connectivity index (χ1) is 9.72. The number of hydrogen-bond donors (Lipinski definition) is 1. The molecule has 0 radical (unpaired) electrons. The van der Waals surface area contributed by atoms with Crippen LogP contribution >= 0.6 is 11.8 Å². The van der Waals surface area contributed by atoms with Gasteiger partial charge in [-0.1, -0.05) is 36.4 Å². The lowest BCUT2D eigenvalue weighted by atomic mass is 10.0. The first-order valence-corrected chi connectivity index (χ1v) is 7.69. The van der Waals surface area contributed by atoms with E-state index in [-0.39, 0.29) is 5.91 Å². The summed E-state index contributed by atoms with van der Waals surface area (Å²) < 4.78 is 0. The smallest absolute Gasteiger partial charge is 0.261 e. The maximum absolute atomic E-state index is 12.7. The molecule has 2 heterocycles. The average Bonchev–Trinajstić information content (AvgIpc) is 2.60. The second-order valence-corrected chi connectivity index (χ2v) is 6.11. The zero-order valence-corrected chi connectivity index (χ0v) is 11.6. The van der Waals surface area contributed by atoms with Crippen molar-refractivity contribution in [3.63, 3.8) is 0 Å². The number of anilines is 1. The molecule has 0 bridgehead atoms. The third kappa shape index (κ3) is 1.43. The zero-order valence-electron chi connectivity index (χ0n) is 10.7. The number of aliphatic hydroxyl groups is 1. The van der Waals surface area contributed by atoms with Gasteiger partial charge < -0.3 is 5.11 Å². The minimum absolute atomic E-state index is 0.113. The third-order valence-electron chi connectivity index (χ3n) is 3.96. The Morgan fingerprint density at radius 2 is 1.85 bits per heavy atom. The molecule has 100 valence electrons. The predicted octanol–water partition coefficient (Wildman–Crippen LogP) is 2.74. The highest BCUT2D eigenvalue weighted by atomic mass is 32.2. The standard InChI is InChI=1S/C16H13NO2S/c18-15-12-6-2-3-7-13(12)16(19)10-20-9-11-5-1-4-8-14(11)17(15)16/h1-8,19H,9-10H2. The van der Waals surface area contributed by atoms with Crippen LogP contribution in [0.2, 0.25) is 0 Å². The van der Waals surface area contributed by atoms with E-state index in [2.05, 4.69) is 0 Å². The van der Waals surface area contributed by atoms with Crippen LogP contribution < -0.4 is 4.90 Å². The van der Waals surface area contributed by atoms with E-state index in [1.807, 2.05) is 42.5 Å². The van der Waals surface area contributed by atoms with Crippen molar-refractivity contribution in [1.29, 1.82) is 0 Å². The fraction of sp³-hybridized carbons (Fsp3) is 0.188. The van der Waals surface area contributed by atoms with Crippen molar-refractivity contribution >= 4 is 23.4 Å². The van der Waals surface area contributed by atoms with E-state index in [0.717, 1.165) is 17.0 Å². The third-order valence-corrected chi connectivity index (χ3v) is 5.08. The summed E-state index contributed by atoms with van der Waals surface area (Å²) in [4.78, 5) is 14.3. The molecule has 0 aliphatic carbocycles. The van der Waals surface area contributed by atoms with Gasteiger partial charge in [-0.15, -0.1) is 0 Å². The minimum atomic E-state index is -1.23. The Kier molecular flexibility index (Phi) is 2.46. The number of rotatable bonds is 0. The van der Waals surface area contributed by atoms with Gasteiger partial charge in [0.2, 0.25) is 0 Å². The molecule has 1 N–H and O–H groups in total. The van der Waals surface area contributed by atoms with Gasteiger partial charge >= 0.3 is 0 Å². The van der Waals surface area contributed by atoms with Crippen molar-refractivity contribution in [2.75, 3.05) is 10.7 Å². The van der Waals surface area contributed by atoms with Crippen LogP contribution in [0.1, 0.15) is 21.5 Å². The van der Waals surface area contributed by atoms with Crippen LogP contribution in [-0.2, 0) is 11.5 Å². The van der Waals surface area contributed by atoms with Gasteiger partial charge in [0.05, 0.1) is 5.69 Å². The van der Waals surface area contributed by atoms with Crippen LogP contribution in [0.25, 0.3) is 0 Å². The van der Waals surface area contributed by atoms with Crippen LogP contribution in [0.5, 0.6) is 0 Å². The molecule has 0 spiro atoms. The molecule has 0 fully saturated rings. The summed E-state index contributed by atoms with van der Waals surface area (Å²) in [6.45, 7) is 0. The van der Waals surface area contributed by atoms with Crippen molar-refractivity contribution in [2.24, 2.45) is 0 Å². The van der Waals surface area contributed by atoms with E-state index < -0.39 is 5.72 Å². The lowest BCUT2D eigenvalue weighted by Crippen LogP contribution is -2.45. The van der Waals surface area contributed by atoms with E-state index in [9.17, 15) is 9.90 Å². The fourth-order valence-electron chi connectivity index (χ4n) is 3.03. The van der Waals surface area contributed by atoms with Crippen molar-refractivity contribution in [3.8, 4) is 0 Å². The van der Waals surface area contributed by atoms with E-state index in [1.165, 1.54) is 0 Å². The predicted molar refractivity (Wildman–Crippen MR) is 79.8 cm³/mol. The number of carbonyl (C=O) groups is 1. The Balaban J connectivity index is 1.99. The van der Waals surface area contributed by atoms with Crippen LogP contribution in [-0.4, -0.2) is 16.8 Å². The summed E-state index contributed by atoms with van der Waals surface area (Å²) >= 11 is 1.66. The molecule has 1 amide bonds. The first-order valence-electron chi connectivity index (χ1n) is 6.54. The molecule has 2 aromatic carbocycles. The summed E-state index contributed by atoms with van der Waals surface area (Å²) in [7, 11) is 0. The van der Waals surface area contributed by atoms with Crippen LogP contribution in [0.4, 0.5) is 5.69 Å². The summed E-state index contributed by atoms with van der Waals surface area (Å²) in [5, 5.41) is 11.1. The number of nitrogens with zero attached hydrogens (tertiary/aromatic N) is 1. The number of para-hydroxylation sites is 1. The Morgan fingerprint density at radius 1 is 1.10 bits per heavy atom. The van der Waals surface area contributed by atoms with E-state index in [4.69, 9.17) is 0 Å². The molecule has 20 heavy (non-hydrogen) atoms. The largest absolute Gasteiger partial charge is 0.366 e. The van der Waals surface area contributed by atoms with Gasteiger partial charge in [-0.3, -0.25) is 9.69 Å². The van der Waals surface area contributed by atoms with Crippen molar-refractivity contribution in [3.05, 3.63) is 65.2 Å². The van der Waals surface area contributed by atoms with Gasteiger partial charge in [0.25, 0.3) is 5.91 Å². The molecule has 4 rings (SSSR count). The van der Waals surface area contributed by atoms with E-state index in [0.29, 0.717) is 16.9 Å². The monoisotopic (exact) mass is 283 g/mol. The molecule has 0 saturated carbocycles. The van der Waals surface area contributed by atoms with Gasteiger partial charge in [-0.05, 0) is 17.7 Å². The minimum Gasteiger partial charge on any atom is -0.366 e. The highest BCUT2D eigenvalue weighted by molar-refractivity contribution is 7.98. The first kappa shape index (κ1) is 12.0. The molecule has 2 aliphatic rings. The molecule has 1 unspecified atom stereocenters. The topological polar surface area (TPSA) is 40.5 Å². The maximum Gasteiger partial charge on any atom is 0.261 e. The van der Waals surface area contributed by atoms with Crippen LogP contribution in [0.3, 0.4) is 0 Å². The molecule has 4 heteroatoms. The quantitative estimate of drug-likeness (QED) is 0.808. The fourth-order valence-corrected chi connectivity index (χ4v) is 4.17. The number of fused-ring (bicyclic) bond motifs is 5. The Bertz CT molecular complexity index is 715. The SMILES string of the molecule is O=C1c2ccccc2C2(O)CSCc3ccccc3N12. The lowest BCUT2D eigenvalue weighted by Gasteiger charge is -2.32. The van der Waals surface area contributed by atoms with Gasteiger partial charge in [0.15, 0.2) is 5.72 Å². The summed E-state index contributed by atoms with van der Waals surface area (Å²) in [5.74, 6) is 1.19. The van der Waals surface area contributed by atoms with E-state index >= 15 is 0 Å². The summed E-state index contributed by atoms with van der Waals surface area (Å²) in [5.41, 5.74) is 2.00. The second-order valence-electron chi connectivity index (χ2n) is 5.12. The molecular weight excluding hydrogens is 270 g/mol. The summed E-state index contributed by atoms with van der Waals surface area (Å²) in [6.07, 6.45) is 0. The van der Waals surface area contributed by atoms with Gasteiger partial charge in [-0.2, -0.15) is 11.8 Å². The van der Waals surface area contributed by atoms with E-state index in [1.54, 1.807) is 22.7 Å². The maximum atomic E-state index is 12.7. The lowest BCUT2D eigenvalue weighted by molar-refractivity contribution is 0.0595. The molecular formula is C16H13NO2S. The van der Waals surface area contributed by atoms with Crippen LogP contribution in [0, 0.1) is 0 Å². The Hall–Kier alpha value is -1.78. The van der Waals surface area contributed by atoms with Gasteiger partial charge in [0.1, 0.15) is 0 Å². The molecule has 0 aromatic heterocycles. The highest BCUT2D eigenvalue weighted by Crippen LogP contribution is 2.46. The molecule has 2 aliphatic heterocycles. The van der Waals surface area contributed by atoms with Crippen molar-refractivity contribution in [2.45, 2.75) is 11.5 Å². The van der Waals surface area contributed by atoms with Crippen molar-refractivity contribution in [1.82, 2.24) is 0 Å². The number of carbonyl (C=O) groups excluding carboxylic acids is 1.